The van der Waals surface area contributed by atoms with Gasteiger partial charge in [-0.3, -0.25) is 0 Å². The minimum atomic E-state index is -0.217. The van der Waals surface area contributed by atoms with Crippen molar-refractivity contribution in [3.05, 3.63) is 41.1 Å². The van der Waals surface area contributed by atoms with E-state index in [-0.39, 0.29) is 11.3 Å². The number of allylic oxidation sites excluding steroid dienone is 2. The molecule has 1 aromatic carbocycles. The van der Waals surface area contributed by atoms with E-state index in [0.29, 0.717) is 11.6 Å². The van der Waals surface area contributed by atoms with Crippen molar-refractivity contribution in [2.75, 3.05) is 5.32 Å². The summed E-state index contributed by atoms with van der Waals surface area (Å²) in [5, 5.41) is 29.1. The summed E-state index contributed by atoms with van der Waals surface area (Å²) < 4.78 is 0. The fourth-order valence-electron chi connectivity index (χ4n) is 1.38. The molecule has 0 bridgehead atoms. The van der Waals surface area contributed by atoms with Crippen LogP contribution in [-0.2, 0) is 0 Å². The van der Waals surface area contributed by atoms with E-state index in [1.807, 2.05) is 30.3 Å². The molecule has 0 saturated heterocycles. The van der Waals surface area contributed by atoms with Crippen molar-refractivity contribution in [2.45, 2.75) is 19.8 Å². The lowest BCUT2D eigenvalue weighted by Gasteiger charge is -2.08. The van der Waals surface area contributed by atoms with Gasteiger partial charge >= 0.3 is 0 Å². The highest BCUT2D eigenvalue weighted by atomic mass is 14.9. The van der Waals surface area contributed by atoms with Gasteiger partial charge in [-0.2, -0.15) is 15.8 Å². The van der Waals surface area contributed by atoms with E-state index in [4.69, 9.17) is 15.8 Å². The summed E-state index contributed by atoms with van der Waals surface area (Å²) >= 11 is 0. The smallest absolute Gasteiger partial charge is 0.163 e. The Balaban J connectivity index is 2.99. The number of nitriles is 3. The van der Waals surface area contributed by atoms with Crippen LogP contribution >= 0.6 is 0 Å². The van der Waals surface area contributed by atoms with E-state index in [2.05, 4.69) is 19.2 Å². The summed E-state index contributed by atoms with van der Waals surface area (Å²) in [5.41, 5.74) is 1.62. The number of anilines is 1. The van der Waals surface area contributed by atoms with E-state index < -0.39 is 0 Å². The maximum absolute atomic E-state index is 8.89. The van der Waals surface area contributed by atoms with Crippen LogP contribution in [0.15, 0.2) is 35.5 Å². The molecule has 1 rings (SSSR count). The summed E-state index contributed by atoms with van der Waals surface area (Å²) in [6.07, 6.45) is 0. The predicted octanol–water partition coefficient (Wildman–Crippen LogP) is 3.05. The summed E-state index contributed by atoms with van der Waals surface area (Å²) in [5.74, 6) is 0.429. The van der Waals surface area contributed by atoms with Crippen LogP contribution in [0, 0.1) is 34.0 Å². The number of hydrogen-bond acceptors (Lipinski definition) is 4. The van der Waals surface area contributed by atoms with Crippen LogP contribution in [-0.4, -0.2) is 0 Å². The Kier molecular flexibility index (Phi) is 4.50. The minimum Gasteiger partial charge on any atom is -0.345 e. The average Bonchev–Trinajstić information content (AvgIpc) is 2.39. The van der Waals surface area contributed by atoms with Crippen molar-refractivity contribution in [1.82, 2.24) is 0 Å². The van der Waals surface area contributed by atoms with Crippen molar-refractivity contribution in [2.24, 2.45) is 0 Å². The molecule has 0 amide bonds. The van der Waals surface area contributed by atoms with Crippen LogP contribution in [0.5, 0.6) is 0 Å². The summed E-state index contributed by atoms with van der Waals surface area (Å²) in [6.45, 7) is 4.18. The molecule has 4 heteroatoms. The fraction of sp³-hybridized carbons (Fsp3) is 0.214. The predicted molar refractivity (Wildman–Crippen MR) is 68.0 cm³/mol. The quantitative estimate of drug-likeness (QED) is 0.817. The zero-order valence-electron chi connectivity index (χ0n) is 10.2. The Morgan fingerprint density at radius 1 is 1.00 bits per heavy atom. The third-order valence-corrected chi connectivity index (χ3v) is 2.43. The first-order valence-corrected chi connectivity index (χ1v) is 5.44. The molecule has 1 N–H and O–H groups in total. The van der Waals surface area contributed by atoms with E-state index in [1.54, 1.807) is 12.1 Å². The molecule has 0 aromatic heterocycles. The molecule has 0 aliphatic carbocycles. The Bertz CT molecular complexity index is 558. The minimum absolute atomic E-state index is 0.0303. The molecule has 0 saturated carbocycles. The van der Waals surface area contributed by atoms with Crippen molar-refractivity contribution in [1.29, 1.82) is 15.8 Å². The number of hydrogen-bond donors (Lipinski definition) is 1. The molecule has 88 valence electrons. The summed E-state index contributed by atoms with van der Waals surface area (Å²) in [6, 6.07) is 12.7. The third-order valence-electron chi connectivity index (χ3n) is 2.43. The Morgan fingerprint density at radius 2 is 1.56 bits per heavy atom. The molecule has 0 aliphatic heterocycles. The maximum Gasteiger partial charge on any atom is 0.163 e. The fourth-order valence-corrected chi connectivity index (χ4v) is 1.38. The van der Waals surface area contributed by atoms with Gasteiger partial charge in [0, 0.05) is 5.69 Å². The van der Waals surface area contributed by atoms with Crippen LogP contribution in [0.3, 0.4) is 0 Å². The number of nitrogens with zero attached hydrogens (tertiary/aromatic N) is 3. The second-order valence-corrected chi connectivity index (χ2v) is 3.99. The second-order valence-electron chi connectivity index (χ2n) is 3.99. The zero-order chi connectivity index (χ0) is 13.5. The lowest BCUT2D eigenvalue weighted by molar-refractivity contribution is 0.867. The van der Waals surface area contributed by atoms with E-state index in [9.17, 15) is 0 Å². The van der Waals surface area contributed by atoms with Gasteiger partial charge in [-0.15, -0.1) is 0 Å². The molecular formula is C14H12N4. The molecule has 1 aromatic rings. The highest BCUT2D eigenvalue weighted by Gasteiger charge is 2.06. The van der Waals surface area contributed by atoms with Crippen LogP contribution in [0.1, 0.15) is 25.3 Å². The molecule has 0 atom stereocenters. The Morgan fingerprint density at radius 3 is 1.94 bits per heavy atom. The maximum atomic E-state index is 8.89. The topological polar surface area (TPSA) is 83.4 Å². The normalized spacial score (nSPS) is 8.89. The number of nitrogens with one attached hydrogen (secondary N) is 1. The standard InChI is InChI=1S/C14H12N4/c1-10(2)11-3-5-13(6-4-11)18-14(9-17)12(7-15)8-16/h3-6,10,18H,1-2H3. The molecule has 0 fully saturated rings. The van der Waals surface area contributed by atoms with E-state index >= 15 is 0 Å². The van der Waals surface area contributed by atoms with Gasteiger partial charge in [0.05, 0.1) is 0 Å². The van der Waals surface area contributed by atoms with Gasteiger partial charge < -0.3 is 5.32 Å². The molecule has 0 heterocycles. The first-order valence-electron chi connectivity index (χ1n) is 5.44. The molecule has 0 spiro atoms. The van der Waals surface area contributed by atoms with Crippen LogP contribution in [0.2, 0.25) is 0 Å². The van der Waals surface area contributed by atoms with Crippen LogP contribution in [0.4, 0.5) is 5.69 Å². The van der Waals surface area contributed by atoms with Gasteiger partial charge in [0.25, 0.3) is 0 Å². The third kappa shape index (κ3) is 3.11. The zero-order valence-corrected chi connectivity index (χ0v) is 10.2. The van der Waals surface area contributed by atoms with Crippen molar-refractivity contribution >= 4 is 5.69 Å². The molecule has 0 aliphatic rings. The molecular weight excluding hydrogens is 224 g/mol. The Hall–Kier alpha value is -2.77. The van der Waals surface area contributed by atoms with Crippen molar-refractivity contribution < 1.29 is 0 Å². The second kappa shape index (κ2) is 6.09. The first-order chi connectivity index (χ1) is 8.62. The van der Waals surface area contributed by atoms with Gasteiger partial charge in [0.2, 0.25) is 0 Å². The molecule has 4 nitrogen and oxygen atoms in total. The Labute approximate surface area is 106 Å². The molecule has 0 unspecified atom stereocenters. The monoisotopic (exact) mass is 236 g/mol. The number of rotatable bonds is 3. The van der Waals surface area contributed by atoms with Gasteiger partial charge in [0.1, 0.15) is 23.9 Å². The largest absolute Gasteiger partial charge is 0.345 e. The highest BCUT2D eigenvalue weighted by Crippen LogP contribution is 2.18. The van der Waals surface area contributed by atoms with Crippen LogP contribution in [0.25, 0.3) is 0 Å². The van der Waals surface area contributed by atoms with Crippen LogP contribution < -0.4 is 5.32 Å². The van der Waals surface area contributed by atoms with Gasteiger partial charge in [-0.1, -0.05) is 26.0 Å². The average molecular weight is 236 g/mol. The van der Waals surface area contributed by atoms with E-state index in [0.717, 1.165) is 0 Å². The lowest BCUT2D eigenvalue weighted by atomic mass is 10.0. The first kappa shape index (κ1) is 13.3. The lowest BCUT2D eigenvalue weighted by Crippen LogP contribution is -2.00. The molecule has 0 radical (unpaired) electrons. The summed E-state index contributed by atoms with van der Waals surface area (Å²) in [4.78, 5) is 0. The van der Waals surface area contributed by atoms with Gasteiger partial charge in [-0.05, 0) is 23.6 Å². The van der Waals surface area contributed by atoms with Crippen molar-refractivity contribution in [3.8, 4) is 18.2 Å². The van der Waals surface area contributed by atoms with Gasteiger partial charge in [-0.25, -0.2) is 0 Å². The molecule has 18 heavy (non-hydrogen) atoms. The van der Waals surface area contributed by atoms with Crippen molar-refractivity contribution in [3.63, 3.8) is 0 Å². The highest BCUT2D eigenvalue weighted by molar-refractivity contribution is 5.58. The number of benzene rings is 1. The van der Waals surface area contributed by atoms with E-state index in [1.165, 1.54) is 5.56 Å². The summed E-state index contributed by atoms with van der Waals surface area (Å²) in [7, 11) is 0. The van der Waals surface area contributed by atoms with Gasteiger partial charge in [0.15, 0.2) is 5.57 Å². The SMILES string of the molecule is CC(C)c1ccc(NC(C#N)=C(C#N)C#N)cc1.